The van der Waals surface area contributed by atoms with E-state index >= 15 is 4.39 Å². The van der Waals surface area contributed by atoms with Gasteiger partial charge in [-0.2, -0.15) is 0 Å². The maximum absolute atomic E-state index is 15.1. The lowest BCUT2D eigenvalue weighted by Crippen LogP contribution is -2.33. The Morgan fingerprint density at radius 3 is 2.21 bits per heavy atom. The van der Waals surface area contributed by atoms with Gasteiger partial charge >= 0.3 is 5.97 Å². The van der Waals surface area contributed by atoms with E-state index in [2.05, 4.69) is 20.8 Å². The van der Waals surface area contributed by atoms with Crippen molar-refractivity contribution in [2.24, 2.45) is 11.3 Å². The van der Waals surface area contributed by atoms with Crippen LogP contribution in [-0.2, 0) is 4.79 Å². The highest BCUT2D eigenvalue weighted by molar-refractivity contribution is 6.29. The fourth-order valence-electron chi connectivity index (χ4n) is 4.98. The van der Waals surface area contributed by atoms with Crippen LogP contribution in [0.15, 0.2) is 42.5 Å². The van der Waals surface area contributed by atoms with Gasteiger partial charge in [0.2, 0.25) is 0 Å². The average Bonchev–Trinajstić information content (AvgIpc) is 3.33. The molecule has 2 aromatic carbocycles. The first-order chi connectivity index (χ1) is 18.0. The zero-order valence-corrected chi connectivity index (χ0v) is 23.9. The molecule has 0 radical (unpaired) electrons. The van der Waals surface area contributed by atoms with Crippen molar-refractivity contribution >= 4 is 17.3 Å². The summed E-state index contributed by atoms with van der Waals surface area (Å²) in [5.41, 5.74) is 2.38. The van der Waals surface area contributed by atoms with Crippen molar-refractivity contribution < 1.29 is 19.0 Å². The second-order valence-corrected chi connectivity index (χ2v) is 11.8. The van der Waals surface area contributed by atoms with E-state index in [1.54, 1.807) is 26.0 Å². The number of carboxylic acid groups (broad SMARTS) is 1. The lowest BCUT2D eigenvalue weighted by molar-refractivity contribution is -0.143. The molecule has 0 heterocycles. The Kier molecular flexibility index (Phi) is 9.92. The Bertz CT molecular complexity index is 1170. The number of rotatable bonds is 8. The molecule has 2 N–H and O–H groups in total. The van der Waals surface area contributed by atoms with Crippen molar-refractivity contribution in [3.63, 3.8) is 0 Å². The topological polar surface area (TPSA) is 70.4 Å². The van der Waals surface area contributed by atoms with E-state index in [-0.39, 0.29) is 23.6 Å². The van der Waals surface area contributed by atoms with Gasteiger partial charge in [0, 0.05) is 5.56 Å². The molecule has 0 aromatic heterocycles. The summed E-state index contributed by atoms with van der Waals surface area (Å²) < 4.78 is 21.5. The van der Waals surface area contributed by atoms with Gasteiger partial charge in [-0.05, 0) is 112 Å². The summed E-state index contributed by atoms with van der Waals surface area (Å²) in [5, 5.41) is 18.3. The second-order valence-electron chi connectivity index (χ2n) is 11.8. The number of carbonyl (C=O) groups is 1. The minimum atomic E-state index is -1.34. The molecule has 4 nitrogen and oxygen atoms in total. The molecule has 2 aliphatic rings. The van der Waals surface area contributed by atoms with Crippen molar-refractivity contribution in [3.8, 4) is 16.9 Å². The van der Waals surface area contributed by atoms with E-state index in [0.717, 1.165) is 78.9 Å². The molecule has 5 heteroatoms. The third-order valence-electron chi connectivity index (χ3n) is 7.46. The number of halogens is 1. The minimum absolute atomic E-state index is 0.0383. The number of carboxylic acids is 1. The highest BCUT2D eigenvalue weighted by Crippen LogP contribution is 2.45. The van der Waals surface area contributed by atoms with Crippen molar-refractivity contribution in [2.45, 2.75) is 98.5 Å². The molecule has 0 bridgehead atoms. The zero-order chi connectivity index (χ0) is 28.0. The summed E-state index contributed by atoms with van der Waals surface area (Å²) >= 11 is 0. The van der Waals surface area contributed by atoms with Crippen LogP contribution in [0.1, 0.15) is 104 Å². The van der Waals surface area contributed by atoms with Gasteiger partial charge in [-0.15, -0.1) is 0 Å². The summed E-state index contributed by atoms with van der Waals surface area (Å²) in [7, 11) is 0. The molecule has 2 saturated carbocycles. The molecular weight excluding hydrogens is 477 g/mol. The molecule has 206 valence electrons. The van der Waals surface area contributed by atoms with Gasteiger partial charge in [0.05, 0.1) is 11.8 Å². The molecule has 0 amide bonds. The lowest BCUT2D eigenvalue weighted by atomic mass is 9.76. The van der Waals surface area contributed by atoms with Crippen molar-refractivity contribution in [2.75, 3.05) is 0 Å². The normalized spacial score (nSPS) is 16.6. The summed E-state index contributed by atoms with van der Waals surface area (Å²) in [5.74, 6) is 0.520. The molecule has 2 aromatic rings. The van der Waals surface area contributed by atoms with Gasteiger partial charge in [0.15, 0.2) is 0 Å². The first-order valence-electron chi connectivity index (χ1n) is 14.1. The molecule has 4 rings (SSSR count). The van der Waals surface area contributed by atoms with Crippen LogP contribution in [0, 0.1) is 22.6 Å². The molecule has 2 aliphatic carbocycles. The molecule has 0 saturated heterocycles. The number of ether oxygens (including phenoxy) is 1. The first kappa shape index (κ1) is 29.6. The Balaban J connectivity index is 0.000000934. The van der Waals surface area contributed by atoms with E-state index < -0.39 is 11.4 Å². The van der Waals surface area contributed by atoms with E-state index in [9.17, 15) is 9.90 Å². The highest BCUT2D eigenvalue weighted by atomic mass is 19.1. The Hall–Kier alpha value is -2.95. The quantitative estimate of drug-likeness (QED) is 0.340. The van der Waals surface area contributed by atoms with Crippen LogP contribution in [0.5, 0.6) is 5.75 Å². The van der Waals surface area contributed by atoms with E-state index in [1.165, 1.54) is 6.07 Å². The van der Waals surface area contributed by atoms with E-state index in [4.69, 9.17) is 10.1 Å². The van der Waals surface area contributed by atoms with Crippen molar-refractivity contribution in [1.82, 2.24) is 0 Å². The smallest absolute Gasteiger partial charge is 0.315 e. The molecule has 38 heavy (non-hydrogen) atoms. The van der Waals surface area contributed by atoms with Gasteiger partial charge < -0.3 is 15.3 Å². The lowest BCUT2D eigenvalue weighted by Gasteiger charge is -2.29. The van der Waals surface area contributed by atoms with Crippen LogP contribution in [0.4, 0.5) is 4.39 Å². The largest absolute Gasteiger partial charge is 0.490 e. The number of allylic oxidation sites excluding steroid dienone is 2. The van der Waals surface area contributed by atoms with Gasteiger partial charge in [-0.1, -0.05) is 51.5 Å². The predicted octanol–water partition coefficient (Wildman–Crippen LogP) is 9.28. The molecule has 0 spiro atoms. The van der Waals surface area contributed by atoms with Crippen molar-refractivity contribution in [3.05, 3.63) is 59.4 Å². The van der Waals surface area contributed by atoms with Crippen molar-refractivity contribution in [1.29, 1.82) is 5.41 Å². The van der Waals surface area contributed by atoms with Gasteiger partial charge in [0.1, 0.15) is 17.0 Å². The number of benzene rings is 2. The van der Waals surface area contributed by atoms with Gasteiger partial charge in [-0.25, -0.2) is 4.39 Å². The highest BCUT2D eigenvalue weighted by Gasteiger charge is 2.35. The average molecular weight is 522 g/mol. The molecular formula is C33H44FNO3. The van der Waals surface area contributed by atoms with Gasteiger partial charge in [-0.3, -0.25) is 4.79 Å². The predicted molar refractivity (Wildman–Crippen MR) is 155 cm³/mol. The monoisotopic (exact) mass is 521 g/mol. The second kappa shape index (κ2) is 12.7. The number of hydrogen-bond donors (Lipinski definition) is 2. The van der Waals surface area contributed by atoms with Crippen LogP contribution in [0.3, 0.4) is 0 Å². The fourth-order valence-corrected chi connectivity index (χ4v) is 4.98. The summed E-state index contributed by atoms with van der Waals surface area (Å²) in [6.07, 6.45) is 9.31. The van der Waals surface area contributed by atoms with E-state index in [1.807, 2.05) is 31.2 Å². The number of hydrogen-bond acceptors (Lipinski definition) is 3. The van der Waals surface area contributed by atoms with Crippen LogP contribution >= 0.6 is 0 Å². The third kappa shape index (κ3) is 6.73. The summed E-state index contributed by atoms with van der Waals surface area (Å²) in [4.78, 5) is 11.8. The van der Waals surface area contributed by atoms with Crippen LogP contribution in [0.2, 0.25) is 0 Å². The summed E-state index contributed by atoms with van der Waals surface area (Å²) in [6.45, 7) is 11.4. The summed E-state index contributed by atoms with van der Waals surface area (Å²) in [6, 6.07) is 11.0. The number of aliphatic carboxylic acids is 1. The molecule has 0 aliphatic heterocycles. The standard InChI is InChI=1S/C29H34FNO3.C4H10/c1-4-21(27(31)29(2,3)28(32)33)19-15-16-25(34-20-11-5-6-12-20)23(17-19)22-13-8-14-24(30)26(22)18-9-7-10-18;1-4(2)3/h4,8,13-18,20,31H,5-7,9-12H2,1-3H3,(H,32,33);4H,1-3H3/b21-4-,31-27?;. The van der Waals surface area contributed by atoms with Gasteiger partial charge in [0.25, 0.3) is 0 Å². The Morgan fingerprint density at radius 1 is 1.05 bits per heavy atom. The SMILES string of the molecule is C/C=C(\C(=N)C(C)(C)C(=O)O)c1ccc(OC2CCCC2)c(-c2cccc(F)c2C2CCC2)c1.CC(C)C. The first-order valence-corrected chi connectivity index (χ1v) is 14.1. The van der Waals surface area contributed by atoms with Crippen LogP contribution in [0.25, 0.3) is 16.7 Å². The maximum atomic E-state index is 15.1. The third-order valence-corrected chi connectivity index (χ3v) is 7.46. The number of nitrogens with one attached hydrogen (secondary N) is 1. The van der Waals surface area contributed by atoms with Crippen LogP contribution < -0.4 is 4.74 Å². The fraction of sp³-hybridized carbons (Fsp3) is 0.515. The van der Waals surface area contributed by atoms with E-state index in [0.29, 0.717) is 5.57 Å². The molecule has 0 atom stereocenters. The van der Waals surface area contributed by atoms with Crippen LogP contribution in [-0.4, -0.2) is 22.9 Å². The molecule has 2 fully saturated rings. The Labute approximate surface area is 227 Å². The Morgan fingerprint density at radius 2 is 1.68 bits per heavy atom. The maximum Gasteiger partial charge on any atom is 0.315 e. The molecule has 0 unspecified atom stereocenters. The zero-order valence-electron chi connectivity index (χ0n) is 23.9. The minimum Gasteiger partial charge on any atom is -0.490 e.